The number of nitrogens with two attached hydrogens (primary N) is 1. The van der Waals surface area contributed by atoms with Crippen LogP contribution in [0.1, 0.15) is 5.56 Å². The first kappa shape index (κ1) is 15.1. The highest BCUT2D eigenvalue weighted by atomic mass is 35.5. The normalized spacial score (nSPS) is 12.7. The van der Waals surface area contributed by atoms with E-state index in [1.54, 1.807) is 18.2 Å². The summed E-state index contributed by atoms with van der Waals surface area (Å²) in [5.41, 5.74) is 5.93. The molecule has 0 spiro atoms. The largest absolute Gasteiger partial charge is 0.409 e. The van der Waals surface area contributed by atoms with Crippen molar-refractivity contribution in [3.05, 3.63) is 28.8 Å². The summed E-state index contributed by atoms with van der Waals surface area (Å²) >= 11 is 7.37. The lowest BCUT2D eigenvalue weighted by Crippen LogP contribution is -2.12. The second-order valence-corrected chi connectivity index (χ2v) is 7.41. The summed E-state index contributed by atoms with van der Waals surface area (Å²) in [5.74, 6) is 0.502. The lowest BCUT2D eigenvalue weighted by Gasteiger charge is -2.05. The maximum atomic E-state index is 11.0. The number of oxime groups is 1. The second-order valence-electron chi connectivity index (χ2n) is 3.61. The van der Waals surface area contributed by atoms with Gasteiger partial charge in [0.1, 0.15) is 9.84 Å². The Bertz CT molecular complexity index is 558. The van der Waals surface area contributed by atoms with Gasteiger partial charge in [-0.3, -0.25) is 0 Å². The van der Waals surface area contributed by atoms with Gasteiger partial charge in [-0.1, -0.05) is 16.8 Å². The van der Waals surface area contributed by atoms with E-state index < -0.39 is 9.84 Å². The number of sulfone groups is 1. The highest BCUT2D eigenvalue weighted by molar-refractivity contribution is 8.00. The molecule has 0 atom stereocenters. The van der Waals surface area contributed by atoms with Crippen LogP contribution in [0.15, 0.2) is 28.3 Å². The molecule has 0 bridgehead atoms. The predicted molar refractivity (Wildman–Crippen MR) is 74.4 cm³/mol. The first-order chi connectivity index (χ1) is 8.33. The molecule has 0 saturated carbocycles. The molecule has 0 aliphatic carbocycles. The number of hydrogen-bond acceptors (Lipinski definition) is 5. The average molecular weight is 309 g/mol. The third-order valence-corrected chi connectivity index (χ3v) is 4.75. The quantitative estimate of drug-likeness (QED) is 0.283. The fourth-order valence-corrected chi connectivity index (χ4v) is 3.61. The van der Waals surface area contributed by atoms with Gasteiger partial charge >= 0.3 is 0 Å². The van der Waals surface area contributed by atoms with E-state index in [0.29, 0.717) is 16.3 Å². The van der Waals surface area contributed by atoms with Gasteiger partial charge in [0.05, 0.1) is 10.8 Å². The molecule has 0 aliphatic heterocycles. The van der Waals surface area contributed by atoms with Crippen LogP contribution in [0, 0.1) is 0 Å². The molecule has 8 heteroatoms. The summed E-state index contributed by atoms with van der Waals surface area (Å²) in [4.78, 5) is 0.759. The molecule has 0 unspecified atom stereocenters. The Balaban J connectivity index is 2.75. The summed E-state index contributed by atoms with van der Waals surface area (Å²) in [6, 6.07) is 4.94. The minimum Gasteiger partial charge on any atom is -0.409 e. The fourth-order valence-electron chi connectivity index (χ4n) is 1.14. The van der Waals surface area contributed by atoms with Gasteiger partial charge in [0.25, 0.3) is 0 Å². The predicted octanol–water partition coefficient (Wildman–Crippen LogP) is 1.57. The van der Waals surface area contributed by atoms with Crippen LogP contribution in [0.5, 0.6) is 0 Å². The summed E-state index contributed by atoms with van der Waals surface area (Å²) in [5, 5.41) is 11.8. The third kappa shape index (κ3) is 4.75. The first-order valence-electron chi connectivity index (χ1n) is 4.91. The van der Waals surface area contributed by atoms with Gasteiger partial charge in [0, 0.05) is 22.5 Å². The van der Waals surface area contributed by atoms with Crippen molar-refractivity contribution in [1.29, 1.82) is 0 Å². The van der Waals surface area contributed by atoms with Gasteiger partial charge in [0.15, 0.2) is 5.84 Å². The van der Waals surface area contributed by atoms with Crippen LogP contribution in [-0.2, 0) is 9.84 Å². The van der Waals surface area contributed by atoms with Crippen molar-refractivity contribution in [3.8, 4) is 0 Å². The number of hydrogen-bond donors (Lipinski definition) is 2. The van der Waals surface area contributed by atoms with Crippen molar-refractivity contribution in [2.24, 2.45) is 10.9 Å². The van der Waals surface area contributed by atoms with E-state index in [9.17, 15) is 8.42 Å². The molecule has 5 nitrogen and oxygen atoms in total. The highest BCUT2D eigenvalue weighted by Gasteiger charge is 2.07. The highest BCUT2D eigenvalue weighted by Crippen LogP contribution is 2.28. The Kier molecular flexibility index (Phi) is 5.30. The SMILES string of the molecule is CS(=O)(=O)CCSc1ccc(C(N)=NO)cc1Cl. The number of nitrogens with zero attached hydrogens (tertiary/aromatic N) is 1. The smallest absolute Gasteiger partial charge is 0.170 e. The van der Waals surface area contributed by atoms with E-state index in [0.717, 1.165) is 4.90 Å². The van der Waals surface area contributed by atoms with Crippen LogP contribution in [0.4, 0.5) is 0 Å². The van der Waals surface area contributed by atoms with Crippen molar-refractivity contribution < 1.29 is 13.6 Å². The minimum atomic E-state index is -2.97. The lowest BCUT2D eigenvalue weighted by atomic mass is 10.2. The van der Waals surface area contributed by atoms with Crippen molar-refractivity contribution >= 4 is 39.0 Å². The standard InChI is InChI=1S/C10H13ClN2O3S2/c1-18(15,16)5-4-17-9-3-2-7(6-8(9)11)10(12)13-14/h2-3,6,14H,4-5H2,1H3,(H2,12,13). The molecule has 0 amide bonds. The van der Waals surface area contributed by atoms with Crippen LogP contribution in [-0.4, -0.2) is 37.2 Å². The summed E-state index contributed by atoms with van der Waals surface area (Å²) in [6.07, 6.45) is 1.19. The van der Waals surface area contributed by atoms with Crippen LogP contribution in [0.3, 0.4) is 0 Å². The van der Waals surface area contributed by atoms with Crippen molar-refractivity contribution in [2.45, 2.75) is 4.90 Å². The zero-order chi connectivity index (χ0) is 13.8. The number of benzene rings is 1. The monoisotopic (exact) mass is 308 g/mol. The molecule has 0 radical (unpaired) electrons. The molecule has 1 rings (SSSR count). The molecular weight excluding hydrogens is 296 g/mol. The van der Waals surface area contributed by atoms with Crippen LogP contribution < -0.4 is 5.73 Å². The lowest BCUT2D eigenvalue weighted by molar-refractivity contribution is 0.318. The van der Waals surface area contributed by atoms with Crippen molar-refractivity contribution in [1.82, 2.24) is 0 Å². The third-order valence-electron chi connectivity index (χ3n) is 2.05. The molecule has 0 aliphatic rings. The number of halogens is 1. The molecule has 18 heavy (non-hydrogen) atoms. The van der Waals surface area contributed by atoms with Gasteiger partial charge in [0.2, 0.25) is 0 Å². The minimum absolute atomic E-state index is 0.0235. The van der Waals surface area contributed by atoms with E-state index in [4.69, 9.17) is 22.5 Å². The molecule has 0 saturated heterocycles. The van der Waals surface area contributed by atoms with E-state index in [2.05, 4.69) is 5.16 Å². The Morgan fingerprint density at radius 2 is 2.22 bits per heavy atom. The van der Waals surface area contributed by atoms with Gasteiger partial charge < -0.3 is 10.9 Å². The number of rotatable bonds is 5. The van der Waals surface area contributed by atoms with E-state index in [-0.39, 0.29) is 11.6 Å². The van der Waals surface area contributed by atoms with E-state index >= 15 is 0 Å². The molecule has 0 aromatic heterocycles. The van der Waals surface area contributed by atoms with Gasteiger partial charge in [-0.25, -0.2) is 8.42 Å². The Morgan fingerprint density at radius 3 is 2.72 bits per heavy atom. The van der Waals surface area contributed by atoms with Gasteiger partial charge in [-0.2, -0.15) is 0 Å². The summed E-state index contributed by atoms with van der Waals surface area (Å²) in [7, 11) is -2.97. The van der Waals surface area contributed by atoms with Crippen LogP contribution in [0.25, 0.3) is 0 Å². The molecule has 0 heterocycles. The number of amidine groups is 1. The zero-order valence-corrected chi connectivity index (χ0v) is 12.0. The molecule has 1 aromatic rings. The van der Waals surface area contributed by atoms with Crippen LogP contribution >= 0.6 is 23.4 Å². The van der Waals surface area contributed by atoms with E-state index in [1.165, 1.54) is 18.0 Å². The fraction of sp³-hybridized carbons (Fsp3) is 0.300. The molecule has 1 aromatic carbocycles. The summed E-state index contributed by atoms with van der Waals surface area (Å²) in [6.45, 7) is 0. The Morgan fingerprint density at radius 1 is 1.56 bits per heavy atom. The van der Waals surface area contributed by atoms with Crippen molar-refractivity contribution in [2.75, 3.05) is 17.8 Å². The second kappa shape index (κ2) is 6.31. The zero-order valence-electron chi connectivity index (χ0n) is 9.63. The molecular formula is C10H13ClN2O3S2. The average Bonchev–Trinajstić information content (AvgIpc) is 2.28. The maximum absolute atomic E-state index is 11.0. The first-order valence-corrected chi connectivity index (χ1v) is 8.34. The molecule has 3 N–H and O–H groups in total. The topological polar surface area (TPSA) is 92.8 Å². The molecule has 0 fully saturated rings. The van der Waals surface area contributed by atoms with Gasteiger partial charge in [-0.05, 0) is 18.2 Å². The maximum Gasteiger partial charge on any atom is 0.170 e. The molecule has 100 valence electrons. The number of thioether (sulfide) groups is 1. The Hall–Kier alpha value is -0.920. The van der Waals surface area contributed by atoms with Crippen LogP contribution in [0.2, 0.25) is 5.02 Å². The van der Waals surface area contributed by atoms with Crippen molar-refractivity contribution in [3.63, 3.8) is 0 Å². The van der Waals surface area contributed by atoms with E-state index in [1.807, 2.05) is 0 Å². The summed E-state index contributed by atoms with van der Waals surface area (Å²) < 4.78 is 22.0. The van der Waals surface area contributed by atoms with Gasteiger partial charge in [-0.15, -0.1) is 11.8 Å². The Labute approximate surface area is 115 Å².